The van der Waals surface area contributed by atoms with Crippen molar-refractivity contribution in [2.45, 2.75) is 6.92 Å². The molecule has 0 aliphatic rings. The number of ether oxygens (including phenoxy) is 2. The van der Waals surface area contributed by atoms with Crippen molar-refractivity contribution in [3.63, 3.8) is 0 Å². The molecule has 0 atom stereocenters. The summed E-state index contributed by atoms with van der Waals surface area (Å²) in [6.07, 6.45) is 0. The third-order valence-electron chi connectivity index (χ3n) is 3.18. The quantitative estimate of drug-likeness (QED) is 0.734. The van der Waals surface area contributed by atoms with E-state index in [0.717, 1.165) is 32.1 Å². The number of aryl methyl sites for hydroxylation is 1. The van der Waals surface area contributed by atoms with Crippen molar-refractivity contribution in [1.29, 1.82) is 0 Å². The lowest BCUT2D eigenvalue weighted by atomic mass is 10.1. The molecule has 0 saturated heterocycles. The Labute approximate surface area is 140 Å². The Bertz CT molecular complexity index is 813. The van der Waals surface area contributed by atoms with Crippen molar-refractivity contribution in [1.82, 2.24) is 15.2 Å². The number of hydrogen-bond donors (Lipinski definition) is 1. The highest BCUT2D eigenvalue weighted by atomic mass is 79.9. The predicted octanol–water partition coefficient (Wildman–Crippen LogP) is 4.29. The number of nitrogens with zero attached hydrogens (tertiary/aromatic N) is 2. The Morgan fingerprint density at radius 2 is 1.82 bits per heavy atom. The van der Waals surface area contributed by atoms with Crippen molar-refractivity contribution in [2.24, 2.45) is 0 Å². The zero-order valence-corrected chi connectivity index (χ0v) is 14.7. The maximum Gasteiger partial charge on any atom is 0.161 e. The fraction of sp³-hybridized carbons (Fsp3) is 0.200. The maximum atomic E-state index is 5.36. The molecule has 3 aromatic rings. The van der Waals surface area contributed by atoms with Gasteiger partial charge in [0.05, 0.1) is 19.9 Å². The molecule has 2 heterocycles. The molecule has 7 heteroatoms. The fourth-order valence-corrected chi connectivity index (χ4v) is 3.40. The second-order valence-electron chi connectivity index (χ2n) is 4.66. The van der Waals surface area contributed by atoms with Gasteiger partial charge < -0.3 is 9.47 Å². The van der Waals surface area contributed by atoms with Gasteiger partial charge >= 0.3 is 0 Å². The van der Waals surface area contributed by atoms with E-state index in [1.54, 1.807) is 25.6 Å². The number of aromatic nitrogens is 3. The number of hydrogen-bond acceptors (Lipinski definition) is 5. The van der Waals surface area contributed by atoms with Crippen molar-refractivity contribution in [2.75, 3.05) is 14.2 Å². The normalized spacial score (nSPS) is 10.7. The van der Waals surface area contributed by atoms with E-state index in [4.69, 9.17) is 9.47 Å². The first-order valence-corrected chi connectivity index (χ1v) is 8.19. The van der Waals surface area contributed by atoms with E-state index in [2.05, 4.69) is 31.1 Å². The molecule has 0 spiro atoms. The third kappa shape index (κ3) is 2.74. The number of H-pyrrole nitrogens is 1. The van der Waals surface area contributed by atoms with Crippen LogP contribution in [0.2, 0.25) is 0 Å². The van der Waals surface area contributed by atoms with Crippen LogP contribution in [0, 0.1) is 6.92 Å². The Balaban J connectivity index is 2.03. The molecule has 0 fully saturated rings. The van der Waals surface area contributed by atoms with Crippen molar-refractivity contribution in [3.8, 4) is 33.5 Å². The molecule has 5 nitrogen and oxygen atoms in total. The highest BCUT2D eigenvalue weighted by molar-refractivity contribution is 9.10. The number of benzene rings is 1. The van der Waals surface area contributed by atoms with Crippen LogP contribution >= 0.6 is 27.3 Å². The molecule has 0 aliphatic heterocycles. The second-order valence-corrected chi connectivity index (χ2v) is 6.37. The number of aromatic amines is 1. The molecular formula is C15H14BrN3O2S. The van der Waals surface area contributed by atoms with Crippen LogP contribution in [-0.4, -0.2) is 29.4 Å². The van der Waals surface area contributed by atoms with Crippen molar-refractivity contribution < 1.29 is 9.47 Å². The summed E-state index contributed by atoms with van der Waals surface area (Å²) in [6, 6.07) is 5.77. The van der Waals surface area contributed by atoms with Crippen LogP contribution in [0.1, 0.15) is 5.69 Å². The summed E-state index contributed by atoms with van der Waals surface area (Å²) in [7, 11) is 3.24. The molecule has 1 aromatic carbocycles. The third-order valence-corrected chi connectivity index (χ3v) is 4.70. The Morgan fingerprint density at radius 3 is 2.45 bits per heavy atom. The minimum Gasteiger partial charge on any atom is -0.493 e. The first-order valence-electron chi connectivity index (χ1n) is 6.52. The van der Waals surface area contributed by atoms with Crippen LogP contribution in [0.5, 0.6) is 11.5 Å². The van der Waals surface area contributed by atoms with Gasteiger partial charge in [-0.15, -0.1) is 11.3 Å². The van der Waals surface area contributed by atoms with Crippen LogP contribution in [0.4, 0.5) is 0 Å². The standard InChI is InChI=1S/C15H14BrN3O2S/c1-8-4-11(19-18-8)15-17-12(7-22-15)9-5-13(20-2)14(21-3)6-10(9)16/h4-7H,1-3H3,(H,18,19). The number of thiazole rings is 1. The van der Waals surface area contributed by atoms with E-state index in [1.165, 1.54) is 0 Å². The van der Waals surface area contributed by atoms with Gasteiger partial charge in [0.1, 0.15) is 10.7 Å². The van der Waals surface area contributed by atoms with Crippen molar-refractivity contribution >= 4 is 27.3 Å². The van der Waals surface area contributed by atoms with E-state index in [-0.39, 0.29) is 0 Å². The van der Waals surface area contributed by atoms with Crippen LogP contribution in [-0.2, 0) is 0 Å². The highest BCUT2D eigenvalue weighted by Gasteiger charge is 2.15. The van der Waals surface area contributed by atoms with Crippen LogP contribution < -0.4 is 9.47 Å². The lowest BCUT2D eigenvalue weighted by Crippen LogP contribution is -1.92. The van der Waals surface area contributed by atoms with E-state index in [9.17, 15) is 0 Å². The van der Waals surface area contributed by atoms with Gasteiger partial charge in [0.25, 0.3) is 0 Å². The average Bonchev–Trinajstić information content (AvgIpc) is 3.15. The van der Waals surface area contributed by atoms with E-state index >= 15 is 0 Å². The summed E-state index contributed by atoms with van der Waals surface area (Å²) >= 11 is 5.12. The summed E-state index contributed by atoms with van der Waals surface area (Å²) in [6.45, 7) is 1.97. The van der Waals surface area contributed by atoms with Gasteiger partial charge in [-0.1, -0.05) is 0 Å². The summed E-state index contributed by atoms with van der Waals surface area (Å²) in [5, 5.41) is 10.1. The van der Waals surface area contributed by atoms with Crippen molar-refractivity contribution in [3.05, 3.63) is 33.7 Å². The van der Waals surface area contributed by atoms with Gasteiger partial charge in [-0.3, -0.25) is 5.10 Å². The predicted molar refractivity (Wildman–Crippen MR) is 90.7 cm³/mol. The Hall–Kier alpha value is -1.86. The summed E-state index contributed by atoms with van der Waals surface area (Å²) < 4.78 is 11.6. The monoisotopic (exact) mass is 379 g/mol. The molecule has 3 rings (SSSR count). The lowest BCUT2D eigenvalue weighted by molar-refractivity contribution is 0.355. The number of nitrogens with one attached hydrogen (secondary N) is 1. The van der Waals surface area contributed by atoms with E-state index < -0.39 is 0 Å². The largest absolute Gasteiger partial charge is 0.493 e. The molecule has 0 aliphatic carbocycles. The molecular weight excluding hydrogens is 366 g/mol. The molecule has 0 radical (unpaired) electrons. The molecule has 0 bridgehead atoms. The zero-order chi connectivity index (χ0) is 15.7. The lowest BCUT2D eigenvalue weighted by Gasteiger charge is -2.10. The molecule has 0 saturated carbocycles. The topological polar surface area (TPSA) is 60.0 Å². The molecule has 114 valence electrons. The van der Waals surface area contributed by atoms with Gasteiger partial charge in [-0.25, -0.2) is 4.98 Å². The fourth-order valence-electron chi connectivity index (χ4n) is 2.09. The summed E-state index contributed by atoms with van der Waals surface area (Å²) in [4.78, 5) is 4.67. The van der Waals surface area contributed by atoms with Gasteiger partial charge in [0.2, 0.25) is 0 Å². The number of methoxy groups -OCH3 is 2. The Kier molecular flexibility index (Phi) is 4.17. The summed E-state index contributed by atoms with van der Waals surface area (Å²) in [5.41, 5.74) is 3.69. The van der Waals surface area contributed by atoms with Crippen LogP contribution in [0.25, 0.3) is 22.0 Å². The highest BCUT2D eigenvalue weighted by Crippen LogP contribution is 2.39. The zero-order valence-electron chi connectivity index (χ0n) is 12.3. The maximum absolute atomic E-state index is 5.36. The van der Waals surface area contributed by atoms with E-state index in [0.29, 0.717) is 11.5 Å². The number of halogens is 1. The van der Waals surface area contributed by atoms with Gasteiger partial charge in [-0.2, -0.15) is 5.10 Å². The molecule has 0 unspecified atom stereocenters. The Morgan fingerprint density at radius 1 is 1.09 bits per heavy atom. The van der Waals surface area contributed by atoms with Gasteiger partial charge in [0.15, 0.2) is 11.5 Å². The molecule has 0 amide bonds. The SMILES string of the molecule is COc1cc(Br)c(-c2csc(-c3cc(C)[nH]n3)n2)cc1OC. The van der Waals surface area contributed by atoms with Crippen LogP contribution in [0.15, 0.2) is 28.1 Å². The first kappa shape index (κ1) is 15.1. The molecule has 2 aromatic heterocycles. The number of rotatable bonds is 4. The smallest absolute Gasteiger partial charge is 0.161 e. The molecule has 1 N–H and O–H groups in total. The summed E-state index contributed by atoms with van der Waals surface area (Å²) in [5.74, 6) is 1.35. The minimum atomic E-state index is 0.672. The average molecular weight is 380 g/mol. The minimum absolute atomic E-state index is 0.672. The van der Waals surface area contributed by atoms with Gasteiger partial charge in [0, 0.05) is 21.1 Å². The van der Waals surface area contributed by atoms with Gasteiger partial charge in [-0.05, 0) is 41.1 Å². The molecule has 22 heavy (non-hydrogen) atoms. The van der Waals surface area contributed by atoms with E-state index in [1.807, 2.05) is 30.5 Å². The van der Waals surface area contributed by atoms with Crippen LogP contribution in [0.3, 0.4) is 0 Å². The second kappa shape index (κ2) is 6.10. The first-order chi connectivity index (χ1) is 10.6.